The molecule has 0 unspecified atom stereocenters. The van der Waals surface area contributed by atoms with Crippen molar-refractivity contribution in [3.05, 3.63) is 53.6 Å². The van der Waals surface area contributed by atoms with E-state index in [2.05, 4.69) is 5.32 Å². The van der Waals surface area contributed by atoms with Gasteiger partial charge < -0.3 is 31.5 Å². The second-order valence-electron chi connectivity index (χ2n) is 6.60. The zero-order valence-electron chi connectivity index (χ0n) is 14.7. The maximum absolute atomic E-state index is 12.4. The Hall–Kier alpha value is -3.26. The molecule has 0 heterocycles. The van der Waals surface area contributed by atoms with Crippen LogP contribution in [0, 0.1) is 0 Å². The minimum Gasteiger partial charge on any atom is -0.508 e. The monoisotopic (exact) mass is 374 g/mol. The zero-order chi connectivity index (χ0) is 20.2. The van der Waals surface area contributed by atoms with Gasteiger partial charge in [-0.2, -0.15) is 0 Å². The highest BCUT2D eigenvalue weighted by atomic mass is 16.4. The van der Waals surface area contributed by atoms with E-state index in [1.165, 1.54) is 37.3 Å². The molecule has 1 amide bonds. The van der Waals surface area contributed by atoms with Gasteiger partial charge in [-0.05, 0) is 48.7 Å². The number of hydrogen-bond donors (Lipinski definition) is 6. The lowest BCUT2D eigenvalue weighted by atomic mass is 9.91. The average molecular weight is 374 g/mol. The third-order valence-corrected chi connectivity index (χ3v) is 4.20. The number of carboxylic acid groups (broad SMARTS) is 1. The standard InChI is InChI=1S/C19H22N2O6/c1-19(18(26)27,10-12-4-7-15(23)16(24)9-12)21-17(25)14(20)8-11-2-5-13(22)6-3-11/h2-7,9,14,22-24H,8,10,20H2,1H3,(H,21,25)(H,26,27)/t14-,19-/m0/s1. The summed E-state index contributed by atoms with van der Waals surface area (Å²) in [6, 6.07) is 9.14. The van der Waals surface area contributed by atoms with Crippen molar-refractivity contribution >= 4 is 11.9 Å². The smallest absolute Gasteiger partial charge is 0.329 e. The Bertz CT molecular complexity index is 837. The summed E-state index contributed by atoms with van der Waals surface area (Å²) in [5.74, 6) is -2.52. The van der Waals surface area contributed by atoms with E-state index in [-0.39, 0.29) is 30.1 Å². The molecule has 7 N–H and O–H groups in total. The van der Waals surface area contributed by atoms with Crippen LogP contribution < -0.4 is 11.1 Å². The van der Waals surface area contributed by atoms with Crippen LogP contribution in [-0.2, 0) is 22.4 Å². The molecule has 144 valence electrons. The van der Waals surface area contributed by atoms with Crippen molar-refractivity contribution in [2.75, 3.05) is 0 Å². The Morgan fingerprint density at radius 2 is 1.63 bits per heavy atom. The molecule has 2 atom stereocenters. The first-order valence-corrected chi connectivity index (χ1v) is 8.20. The molecule has 0 bridgehead atoms. The van der Waals surface area contributed by atoms with Crippen molar-refractivity contribution in [2.24, 2.45) is 5.73 Å². The lowest BCUT2D eigenvalue weighted by Gasteiger charge is -2.28. The molecule has 0 aliphatic rings. The Morgan fingerprint density at radius 3 is 2.19 bits per heavy atom. The van der Waals surface area contributed by atoms with Gasteiger partial charge in [-0.3, -0.25) is 4.79 Å². The molecule has 0 fully saturated rings. The van der Waals surface area contributed by atoms with Gasteiger partial charge in [0.2, 0.25) is 5.91 Å². The lowest BCUT2D eigenvalue weighted by Crippen LogP contribution is -2.58. The zero-order valence-corrected chi connectivity index (χ0v) is 14.7. The SMILES string of the molecule is C[C@@](Cc1ccc(O)c(O)c1)(NC(=O)[C@@H](N)Cc1ccc(O)cc1)C(=O)O. The molecule has 0 aliphatic carbocycles. The molecule has 0 saturated heterocycles. The van der Waals surface area contributed by atoms with E-state index in [1.807, 2.05) is 0 Å². The highest BCUT2D eigenvalue weighted by Gasteiger charge is 2.36. The first kappa shape index (κ1) is 20.1. The second-order valence-corrected chi connectivity index (χ2v) is 6.60. The number of phenolic OH excluding ortho intramolecular Hbond substituents is 3. The number of amides is 1. The van der Waals surface area contributed by atoms with Crippen LogP contribution in [0.4, 0.5) is 0 Å². The summed E-state index contributed by atoms with van der Waals surface area (Å²) in [5, 5.41) is 40.2. The average Bonchev–Trinajstić information content (AvgIpc) is 2.60. The number of nitrogens with two attached hydrogens (primary N) is 1. The van der Waals surface area contributed by atoms with Crippen molar-refractivity contribution < 1.29 is 30.0 Å². The van der Waals surface area contributed by atoms with Crippen molar-refractivity contribution in [3.8, 4) is 17.2 Å². The molecular formula is C19H22N2O6. The topological polar surface area (TPSA) is 153 Å². The maximum atomic E-state index is 12.4. The van der Waals surface area contributed by atoms with Crippen molar-refractivity contribution in [1.82, 2.24) is 5.32 Å². The van der Waals surface area contributed by atoms with Gasteiger partial charge in [0.1, 0.15) is 11.3 Å². The summed E-state index contributed by atoms with van der Waals surface area (Å²) in [7, 11) is 0. The van der Waals surface area contributed by atoms with Gasteiger partial charge in [0.15, 0.2) is 11.5 Å². The highest BCUT2D eigenvalue weighted by molar-refractivity contribution is 5.89. The number of phenols is 3. The van der Waals surface area contributed by atoms with Gasteiger partial charge in [0.05, 0.1) is 6.04 Å². The number of nitrogens with one attached hydrogen (secondary N) is 1. The van der Waals surface area contributed by atoms with Gasteiger partial charge in [0, 0.05) is 6.42 Å². The molecule has 0 saturated carbocycles. The summed E-state index contributed by atoms with van der Waals surface area (Å²) in [6.45, 7) is 1.34. The quantitative estimate of drug-likeness (QED) is 0.393. The Kier molecular flexibility index (Phi) is 5.91. The molecule has 0 aliphatic heterocycles. The Labute approximate surface area is 155 Å². The highest BCUT2D eigenvalue weighted by Crippen LogP contribution is 2.27. The van der Waals surface area contributed by atoms with Crippen LogP contribution >= 0.6 is 0 Å². The van der Waals surface area contributed by atoms with Crippen LogP contribution in [0.5, 0.6) is 17.2 Å². The number of carbonyl (C=O) groups excluding carboxylic acids is 1. The van der Waals surface area contributed by atoms with Gasteiger partial charge in [-0.25, -0.2) is 4.79 Å². The van der Waals surface area contributed by atoms with Crippen LogP contribution in [0.2, 0.25) is 0 Å². The number of rotatable bonds is 7. The van der Waals surface area contributed by atoms with Gasteiger partial charge in [-0.15, -0.1) is 0 Å². The van der Waals surface area contributed by atoms with E-state index in [1.54, 1.807) is 12.1 Å². The lowest BCUT2D eigenvalue weighted by molar-refractivity contribution is -0.147. The Morgan fingerprint density at radius 1 is 1.04 bits per heavy atom. The van der Waals surface area contributed by atoms with Crippen molar-refractivity contribution in [1.29, 1.82) is 0 Å². The number of carboxylic acids is 1. The summed E-state index contributed by atoms with van der Waals surface area (Å²) >= 11 is 0. The first-order chi connectivity index (χ1) is 12.6. The van der Waals surface area contributed by atoms with Crippen LogP contribution in [0.25, 0.3) is 0 Å². The predicted molar refractivity (Wildman–Crippen MR) is 97.4 cm³/mol. The molecule has 0 radical (unpaired) electrons. The number of carbonyl (C=O) groups is 2. The number of hydrogen-bond acceptors (Lipinski definition) is 6. The molecular weight excluding hydrogens is 352 g/mol. The summed E-state index contributed by atoms with van der Waals surface area (Å²) < 4.78 is 0. The fraction of sp³-hybridized carbons (Fsp3) is 0.263. The summed E-state index contributed by atoms with van der Waals surface area (Å²) in [5.41, 5.74) is 5.37. The van der Waals surface area contributed by atoms with E-state index in [4.69, 9.17) is 5.73 Å². The molecule has 2 aromatic rings. The molecule has 2 aromatic carbocycles. The third kappa shape index (κ3) is 5.11. The summed E-state index contributed by atoms with van der Waals surface area (Å²) in [4.78, 5) is 24.1. The molecule has 8 heteroatoms. The molecule has 0 aromatic heterocycles. The minimum atomic E-state index is -1.66. The molecule has 27 heavy (non-hydrogen) atoms. The van der Waals surface area contributed by atoms with Crippen LogP contribution in [0.1, 0.15) is 18.1 Å². The number of benzene rings is 2. The number of aromatic hydroxyl groups is 3. The predicted octanol–water partition coefficient (Wildman–Crippen LogP) is 0.875. The van der Waals surface area contributed by atoms with E-state index in [0.29, 0.717) is 5.56 Å². The van der Waals surface area contributed by atoms with Gasteiger partial charge in [-0.1, -0.05) is 18.2 Å². The van der Waals surface area contributed by atoms with E-state index in [9.17, 15) is 30.0 Å². The van der Waals surface area contributed by atoms with Crippen LogP contribution in [0.15, 0.2) is 42.5 Å². The Balaban J connectivity index is 2.10. The fourth-order valence-electron chi connectivity index (χ4n) is 2.60. The molecule has 2 rings (SSSR count). The second kappa shape index (κ2) is 7.96. The van der Waals surface area contributed by atoms with E-state index < -0.39 is 23.5 Å². The number of aliphatic carboxylic acids is 1. The largest absolute Gasteiger partial charge is 0.508 e. The van der Waals surface area contributed by atoms with E-state index >= 15 is 0 Å². The van der Waals surface area contributed by atoms with Gasteiger partial charge >= 0.3 is 5.97 Å². The van der Waals surface area contributed by atoms with Crippen molar-refractivity contribution in [3.63, 3.8) is 0 Å². The van der Waals surface area contributed by atoms with Gasteiger partial charge in [0.25, 0.3) is 0 Å². The fourth-order valence-corrected chi connectivity index (χ4v) is 2.60. The first-order valence-electron chi connectivity index (χ1n) is 8.20. The van der Waals surface area contributed by atoms with Crippen LogP contribution in [-0.4, -0.2) is 43.9 Å². The van der Waals surface area contributed by atoms with Crippen molar-refractivity contribution in [2.45, 2.75) is 31.3 Å². The maximum Gasteiger partial charge on any atom is 0.329 e. The summed E-state index contributed by atoms with van der Waals surface area (Å²) in [6.07, 6.45) is 0.0512. The third-order valence-electron chi connectivity index (χ3n) is 4.20. The molecule has 8 nitrogen and oxygen atoms in total. The minimum absolute atomic E-state index is 0.0902. The molecule has 0 spiro atoms. The van der Waals surface area contributed by atoms with Crippen LogP contribution in [0.3, 0.4) is 0 Å². The van der Waals surface area contributed by atoms with E-state index in [0.717, 1.165) is 5.56 Å². The normalized spacial score (nSPS) is 14.1.